The van der Waals surface area contributed by atoms with Crippen molar-refractivity contribution in [1.29, 1.82) is 0 Å². The van der Waals surface area contributed by atoms with E-state index in [0.29, 0.717) is 6.32 Å². The number of allylic oxidation sites excluding steroid dienone is 1. The van der Waals surface area contributed by atoms with Crippen LogP contribution in [-0.4, -0.2) is 7.85 Å². The van der Waals surface area contributed by atoms with Crippen LogP contribution in [-0.2, 0) is 0 Å². The van der Waals surface area contributed by atoms with Crippen LogP contribution >= 0.6 is 0 Å². The molecule has 2 heteroatoms. The first-order valence-corrected chi connectivity index (χ1v) is 1.48. The van der Waals surface area contributed by atoms with E-state index in [1.54, 1.807) is 6.08 Å². The van der Waals surface area contributed by atoms with Gasteiger partial charge >= 0.3 is 0 Å². The maximum Gasteiger partial charge on any atom is 0.0709 e. The van der Waals surface area contributed by atoms with Gasteiger partial charge in [-0.2, -0.15) is 0 Å². The zero-order valence-electron chi connectivity index (χ0n) is 3.02. The van der Waals surface area contributed by atoms with Gasteiger partial charge in [0, 0.05) is 0 Å². The average molecular weight is 66.9 g/mol. The van der Waals surface area contributed by atoms with Crippen molar-refractivity contribution < 1.29 is 0 Å². The molecule has 2 N–H and O–H groups in total. The summed E-state index contributed by atoms with van der Waals surface area (Å²) in [4.78, 5) is 0. The normalized spacial score (nSPS) is 9.60. The fourth-order valence-electron chi connectivity index (χ4n) is 0.0786. The summed E-state index contributed by atoms with van der Waals surface area (Å²) in [5.41, 5.74) is 4.88. The second-order valence-corrected chi connectivity index (χ2v) is 0.664. The van der Waals surface area contributed by atoms with E-state index < -0.39 is 0 Å². The second kappa shape index (κ2) is 3.60. The molecule has 0 saturated heterocycles. The van der Waals surface area contributed by atoms with Crippen molar-refractivity contribution in [2.45, 2.75) is 6.32 Å². The summed E-state index contributed by atoms with van der Waals surface area (Å²) >= 11 is 0. The highest BCUT2D eigenvalue weighted by Gasteiger charge is 1.52. The zero-order valence-corrected chi connectivity index (χ0v) is 3.02. The molecule has 0 fully saturated rings. The second-order valence-electron chi connectivity index (χ2n) is 0.664. The summed E-state index contributed by atoms with van der Waals surface area (Å²) < 4.78 is 0. The molecule has 0 saturated carbocycles. The van der Waals surface area contributed by atoms with Gasteiger partial charge in [-0.1, -0.05) is 12.4 Å². The molecule has 0 bridgehead atoms. The third-order valence-electron chi connectivity index (χ3n) is 0.272. The lowest BCUT2D eigenvalue weighted by Crippen LogP contribution is -1.73. The Balaban J connectivity index is 2.62. The smallest absolute Gasteiger partial charge is 0.0709 e. The summed E-state index contributed by atoms with van der Waals surface area (Å²) in [6.07, 6.45) is 3.65. The van der Waals surface area contributed by atoms with Crippen molar-refractivity contribution in [1.82, 2.24) is 0 Å². The summed E-state index contributed by atoms with van der Waals surface area (Å²) in [6.45, 7) is 0. The molecule has 0 aliphatic rings. The van der Waals surface area contributed by atoms with Crippen LogP contribution in [0.5, 0.6) is 0 Å². The molecule has 0 atom stereocenters. The van der Waals surface area contributed by atoms with Crippen LogP contribution in [0.1, 0.15) is 0 Å². The molecule has 0 aromatic rings. The minimum absolute atomic E-state index is 0.538. The average Bonchev–Trinajstić information content (AvgIpc) is 1.41. The third-order valence-corrected chi connectivity index (χ3v) is 0.272. The fourth-order valence-corrected chi connectivity index (χ4v) is 0.0786. The lowest BCUT2D eigenvalue weighted by Gasteiger charge is -1.66. The molecule has 0 heterocycles. The van der Waals surface area contributed by atoms with Crippen LogP contribution in [0.15, 0.2) is 12.3 Å². The van der Waals surface area contributed by atoms with E-state index in [4.69, 9.17) is 13.6 Å². The van der Waals surface area contributed by atoms with Crippen LogP contribution in [0.25, 0.3) is 0 Å². The lowest BCUT2D eigenvalue weighted by molar-refractivity contribution is 1.55. The van der Waals surface area contributed by atoms with Gasteiger partial charge in [0.1, 0.15) is 0 Å². The molecule has 1 nitrogen and oxygen atoms in total. The van der Waals surface area contributed by atoms with Crippen molar-refractivity contribution in [3.8, 4) is 0 Å². The Kier molecular flexibility index (Phi) is 3.32. The molecule has 0 amide bonds. The Morgan fingerprint density at radius 3 is 2.40 bits per heavy atom. The Labute approximate surface area is 33.3 Å². The van der Waals surface area contributed by atoms with Crippen LogP contribution in [0.4, 0.5) is 0 Å². The van der Waals surface area contributed by atoms with Crippen molar-refractivity contribution in [2.24, 2.45) is 5.73 Å². The Morgan fingerprint density at radius 2 is 2.40 bits per heavy atom. The molecular weight excluding hydrogens is 60.9 g/mol. The summed E-state index contributed by atoms with van der Waals surface area (Å²) in [7, 11) is 4.97. The number of hydrogen-bond acceptors (Lipinski definition) is 1. The van der Waals surface area contributed by atoms with E-state index >= 15 is 0 Å². The first-order valence-electron chi connectivity index (χ1n) is 1.48. The van der Waals surface area contributed by atoms with Gasteiger partial charge in [-0.05, 0) is 6.20 Å². The van der Waals surface area contributed by atoms with Gasteiger partial charge in [-0.15, -0.1) is 0 Å². The first kappa shape index (κ1) is 4.60. The third kappa shape index (κ3) is 3.60. The number of nitrogens with two attached hydrogens (primary N) is 1. The molecule has 0 aliphatic carbocycles. The van der Waals surface area contributed by atoms with Crippen molar-refractivity contribution in [3.63, 3.8) is 0 Å². The predicted molar refractivity (Wildman–Crippen MR) is 23.9 cm³/mol. The maximum absolute atomic E-state index is 4.97. The molecule has 0 aromatic carbocycles. The monoisotopic (exact) mass is 67.1 g/mol. The van der Waals surface area contributed by atoms with Crippen LogP contribution in [0.3, 0.4) is 0 Å². The van der Waals surface area contributed by atoms with E-state index in [1.807, 2.05) is 0 Å². The van der Waals surface area contributed by atoms with Gasteiger partial charge < -0.3 is 5.73 Å². The lowest BCUT2D eigenvalue weighted by atomic mass is 10.1. The Hall–Kier alpha value is -0.395. The van der Waals surface area contributed by atoms with Crippen LogP contribution in [0.2, 0.25) is 6.32 Å². The molecule has 0 rings (SSSR count). The van der Waals surface area contributed by atoms with E-state index in [1.165, 1.54) is 6.20 Å². The fraction of sp³-hybridized carbons (Fsp3) is 0.333. The van der Waals surface area contributed by atoms with Gasteiger partial charge in [0.05, 0.1) is 7.85 Å². The topological polar surface area (TPSA) is 26.0 Å². The van der Waals surface area contributed by atoms with E-state index in [9.17, 15) is 0 Å². The van der Waals surface area contributed by atoms with E-state index in [-0.39, 0.29) is 0 Å². The minimum atomic E-state index is 0.538. The van der Waals surface area contributed by atoms with Gasteiger partial charge in [0.2, 0.25) is 0 Å². The molecule has 26 valence electrons. The number of rotatable bonds is 1. The standard InChI is InChI=1S/C3H6BN/c4-2-1-3-5/h1,3H,2,5H2/b3-1-. The zero-order chi connectivity index (χ0) is 4.12. The molecule has 0 spiro atoms. The Bertz CT molecular complexity index is 33.9. The highest BCUT2D eigenvalue weighted by molar-refractivity contribution is 6.09. The van der Waals surface area contributed by atoms with Gasteiger partial charge in [-0.3, -0.25) is 0 Å². The molecule has 2 radical (unpaired) electrons. The maximum atomic E-state index is 4.97. The number of hydrogen-bond donors (Lipinski definition) is 1. The summed E-state index contributed by atoms with van der Waals surface area (Å²) in [6, 6.07) is 0. The summed E-state index contributed by atoms with van der Waals surface area (Å²) in [5.74, 6) is 0. The molecule has 0 unspecified atom stereocenters. The van der Waals surface area contributed by atoms with Crippen molar-refractivity contribution in [3.05, 3.63) is 12.3 Å². The van der Waals surface area contributed by atoms with Gasteiger partial charge in [-0.25, -0.2) is 0 Å². The molecule has 5 heavy (non-hydrogen) atoms. The highest BCUT2D eigenvalue weighted by atomic mass is 14.5. The quantitative estimate of drug-likeness (QED) is 0.430. The molecular formula is C3H6BN. The largest absolute Gasteiger partial charge is 0.405 e. The SMILES string of the molecule is [B]C/C=C\N. The van der Waals surface area contributed by atoms with Gasteiger partial charge in [0.25, 0.3) is 0 Å². The van der Waals surface area contributed by atoms with Gasteiger partial charge in [0.15, 0.2) is 0 Å². The van der Waals surface area contributed by atoms with E-state index in [0.717, 1.165) is 0 Å². The van der Waals surface area contributed by atoms with Crippen LogP contribution in [0, 0.1) is 0 Å². The van der Waals surface area contributed by atoms with E-state index in [2.05, 4.69) is 0 Å². The van der Waals surface area contributed by atoms with Crippen LogP contribution < -0.4 is 5.73 Å². The van der Waals surface area contributed by atoms with Crippen molar-refractivity contribution in [2.75, 3.05) is 0 Å². The highest BCUT2D eigenvalue weighted by Crippen LogP contribution is 1.66. The van der Waals surface area contributed by atoms with Crippen molar-refractivity contribution >= 4 is 7.85 Å². The Morgan fingerprint density at radius 1 is 1.80 bits per heavy atom. The molecule has 0 aromatic heterocycles. The summed E-state index contributed by atoms with van der Waals surface area (Å²) in [5, 5.41) is 0. The molecule has 0 aliphatic heterocycles. The minimum Gasteiger partial charge on any atom is -0.405 e. The predicted octanol–water partition coefficient (Wildman–Crippen LogP) is 0.0456. The first-order chi connectivity index (χ1) is 2.41.